The van der Waals surface area contributed by atoms with Crippen LogP contribution < -0.4 is 5.56 Å². The molecule has 3 rings (SSSR count). The maximum Gasteiger partial charge on any atom is 0.261 e. The molecule has 2 aromatic carbocycles. The maximum absolute atomic E-state index is 12.9. The van der Waals surface area contributed by atoms with Crippen LogP contribution in [0.2, 0.25) is 0 Å². The number of H-pyrrole nitrogens is 1. The molecular formula is C19H19N3O3S. The second kappa shape index (κ2) is 7.63. The van der Waals surface area contributed by atoms with Gasteiger partial charge in [-0.3, -0.25) is 14.2 Å². The largest absolute Gasteiger partial charge is 0.395 e. The van der Waals surface area contributed by atoms with Gasteiger partial charge in [0, 0.05) is 25.7 Å². The highest BCUT2D eigenvalue weighted by atomic mass is 32.1. The normalized spacial score (nSPS) is 10.8. The fourth-order valence-electron chi connectivity index (χ4n) is 2.80. The fourth-order valence-corrected chi connectivity index (χ4v) is 2.99. The average molecular weight is 369 g/mol. The Morgan fingerprint density at radius 1 is 1.23 bits per heavy atom. The zero-order valence-electron chi connectivity index (χ0n) is 14.3. The molecule has 2 N–H and O–H groups in total. The van der Waals surface area contributed by atoms with Crippen molar-refractivity contribution < 1.29 is 9.90 Å². The molecule has 1 aromatic heterocycles. The van der Waals surface area contributed by atoms with Gasteiger partial charge in [0.25, 0.3) is 11.5 Å². The highest BCUT2D eigenvalue weighted by Crippen LogP contribution is 2.14. The average Bonchev–Trinajstić information content (AvgIpc) is 2.66. The summed E-state index contributed by atoms with van der Waals surface area (Å²) < 4.78 is 1.65. The van der Waals surface area contributed by atoms with Crippen molar-refractivity contribution in [2.24, 2.45) is 7.05 Å². The molecule has 3 aromatic rings. The third-order valence-corrected chi connectivity index (χ3v) is 4.60. The van der Waals surface area contributed by atoms with Gasteiger partial charge in [-0.15, -0.1) is 0 Å². The van der Waals surface area contributed by atoms with Gasteiger partial charge in [-0.1, -0.05) is 30.3 Å². The molecule has 0 saturated carbocycles. The molecule has 134 valence electrons. The summed E-state index contributed by atoms with van der Waals surface area (Å²) in [7, 11) is 1.60. The third kappa shape index (κ3) is 3.58. The monoisotopic (exact) mass is 369 g/mol. The minimum absolute atomic E-state index is 0.130. The molecule has 0 aliphatic heterocycles. The number of aliphatic hydroxyl groups is 1. The first-order chi connectivity index (χ1) is 12.5. The number of carbonyl (C=O) groups is 1. The minimum Gasteiger partial charge on any atom is -0.395 e. The first-order valence-corrected chi connectivity index (χ1v) is 8.59. The Bertz CT molecular complexity index is 1060. The van der Waals surface area contributed by atoms with Crippen molar-refractivity contribution in [1.29, 1.82) is 0 Å². The zero-order chi connectivity index (χ0) is 18.7. The van der Waals surface area contributed by atoms with Gasteiger partial charge in [-0.05, 0) is 36.0 Å². The molecule has 0 bridgehead atoms. The van der Waals surface area contributed by atoms with Crippen LogP contribution in [0, 0.1) is 4.77 Å². The van der Waals surface area contributed by atoms with Crippen LogP contribution in [-0.2, 0) is 13.6 Å². The second-order valence-electron chi connectivity index (χ2n) is 5.99. The molecule has 1 amide bonds. The van der Waals surface area contributed by atoms with Crippen molar-refractivity contribution in [2.75, 3.05) is 13.2 Å². The Balaban J connectivity index is 1.97. The van der Waals surface area contributed by atoms with Crippen LogP contribution >= 0.6 is 12.2 Å². The molecule has 26 heavy (non-hydrogen) atoms. The molecule has 0 unspecified atom stereocenters. The van der Waals surface area contributed by atoms with Crippen LogP contribution in [0.25, 0.3) is 10.9 Å². The van der Waals surface area contributed by atoms with E-state index in [9.17, 15) is 14.7 Å². The Labute approximate surface area is 155 Å². The summed E-state index contributed by atoms with van der Waals surface area (Å²) in [5, 5.41) is 9.79. The lowest BCUT2D eigenvalue weighted by Gasteiger charge is -2.22. The Kier molecular flexibility index (Phi) is 5.29. The number of benzene rings is 2. The smallest absolute Gasteiger partial charge is 0.261 e. The molecule has 0 aliphatic rings. The van der Waals surface area contributed by atoms with E-state index in [2.05, 4.69) is 4.98 Å². The Morgan fingerprint density at radius 3 is 2.65 bits per heavy atom. The molecule has 1 heterocycles. The van der Waals surface area contributed by atoms with E-state index in [1.807, 2.05) is 30.3 Å². The van der Waals surface area contributed by atoms with Gasteiger partial charge >= 0.3 is 0 Å². The number of carbonyl (C=O) groups excluding carboxylic acids is 1. The van der Waals surface area contributed by atoms with Gasteiger partial charge < -0.3 is 15.0 Å². The van der Waals surface area contributed by atoms with Crippen molar-refractivity contribution in [3.63, 3.8) is 0 Å². The maximum atomic E-state index is 12.9. The number of nitrogens with zero attached hydrogens (tertiary/aromatic N) is 2. The van der Waals surface area contributed by atoms with Crippen LogP contribution in [0.5, 0.6) is 0 Å². The SMILES string of the molecule is Cn1c(=S)[nH]c2cc(C(=O)N(CCO)Cc3ccccc3)ccc2c1=O. The van der Waals surface area contributed by atoms with Crippen molar-refractivity contribution in [2.45, 2.75) is 6.54 Å². The van der Waals surface area contributed by atoms with Crippen LogP contribution in [0.4, 0.5) is 0 Å². The van der Waals surface area contributed by atoms with E-state index in [1.165, 1.54) is 4.57 Å². The standard InChI is InChI=1S/C19H19N3O3S/c1-21-18(25)15-8-7-14(11-16(15)20-19(21)26)17(24)22(9-10-23)12-13-5-3-2-4-6-13/h2-8,11,23H,9-10,12H2,1H3,(H,20,26). The van der Waals surface area contributed by atoms with Gasteiger partial charge in [0.1, 0.15) is 0 Å². The van der Waals surface area contributed by atoms with E-state index in [0.717, 1.165) is 5.56 Å². The Morgan fingerprint density at radius 2 is 1.96 bits per heavy atom. The first-order valence-electron chi connectivity index (χ1n) is 8.18. The molecule has 0 saturated heterocycles. The summed E-state index contributed by atoms with van der Waals surface area (Å²) in [5.41, 5.74) is 1.72. The van der Waals surface area contributed by atoms with Crippen molar-refractivity contribution in [3.8, 4) is 0 Å². The number of aromatic amines is 1. The molecule has 6 nitrogen and oxygen atoms in total. The Hall–Kier alpha value is -2.77. The van der Waals surface area contributed by atoms with E-state index in [4.69, 9.17) is 12.2 Å². The number of nitrogens with one attached hydrogen (secondary N) is 1. The molecular weight excluding hydrogens is 350 g/mol. The van der Waals surface area contributed by atoms with Crippen molar-refractivity contribution >= 4 is 29.0 Å². The molecule has 0 aliphatic carbocycles. The van der Waals surface area contributed by atoms with E-state index < -0.39 is 0 Å². The van der Waals surface area contributed by atoms with E-state index >= 15 is 0 Å². The third-order valence-electron chi connectivity index (χ3n) is 4.22. The number of fused-ring (bicyclic) bond motifs is 1. The molecule has 0 spiro atoms. The van der Waals surface area contributed by atoms with E-state index in [1.54, 1.807) is 30.1 Å². The highest BCUT2D eigenvalue weighted by molar-refractivity contribution is 7.71. The lowest BCUT2D eigenvalue weighted by atomic mass is 10.1. The highest BCUT2D eigenvalue weighted by Gasteiger charge is 2.17. The fraction of sp³-hybridized carbons (Fsp3) is 0.211. The number of aliphatic hydroxyl groups excluding tert-OH is 1. The predicted molar refractivity (Wildman–Crippen MR) is 103 cm³/mol. The summed E-state index contributed by atoms with van der Waals surface area (Å²) in [5.74, 6) is -0.218. The summed E-state index contributed by atoms with van der Waals surface area (Å²) in [6.45, 7) is 0.484. The van der Waals surface area contributed by atoms with Crippen LogP contribution in [0.15, 0.2) is 53.3 Å². The minimum atomic E-state index is -0.218. The molecule has 7 heteroatoms. The number of aromatic nitrogens is 2. The van der Waals surface area contributed by atoms with Gasteiger partial charge in [0.2, 0.25) is 0 Å². The first kappa shape index (κ1) is 18.0. The number of hydrogen-bond acceptors (Lipinski definition) is 4. The van der Waals surface area contributed by atoms with Crippen molar-refractivity contribution in [3.05, 3.63) is 74.8 Å². The van der Waals surface area contributed by atoms with E-state index in [-0.39, 0.29) is 24.6 Å². The van der Waals surface area contributed by atoms with Crippen molar-refractivity contribution in [1.82, 2.24) is 14.5 Å². The molecule has 0 fully saturated rings. The topological polar surface area (TPSA) is 78.3 Å². The summed E-state index contributed by atoms with van der Waals surface area (Å²) in [6, 6.07) is 14.5. The summed E-state index contributed by atoms with van der Waals surface area (Å²) in [4.78, 5) is 29.7. The lowest BCUT2D eigenvalue weighted by Crippen LogP contribution is -2.33. The number of rotatable bonds is 5. The van der Waals surface area contributed by atoms with Gasteiger partial charge in [0.05, 0.1) is 17.5 Å². The zero-order valence-corrected chi connectivity index (χ0v) is 15.1. The second-order valence-corrected chi connectivity index (χ2v) is 6.38. The molecule has 0 radical (unpaired) electrons. The van der Waals surface area contributed by atoms with E-state index in [0.29, 0.717) is 27.8 Å². The summed E-state index contributed by atoms with van der Waals surface area (Å²) >= 11 is 5.14. The van der Waals surface area contributed by atoms with Gasteiger partial charge in [0.15, 0.2) is 4.77 Å². The molecule has 0 atom stereocenters. The number of hydrogen-bond donors (Lipinski definition) is 2. The summed E-state index contributed by atoms with van der Waals surface area (Å²) in [6.07, 6.45) is 0. The quantitative estimate of drug-likeness (QED) is 0.676. The van der Waals surface area contributed by atoms with Crippen LogP contribution in [0.1, 0.15) is 15.9 Å². The van der Waals surface area contributed by atoms with Gasteiger partial charge in [-0.2, -0.15) is 0 Å². The van der Waals surface area contributed by atoms with Crippen LogP contribution in [-0.4, -0.2) is 38.6 Å². The predicted octanol–water partition coefficient (Wildman–Crippen LogP) is 2.23. The van der Waals surface area contributed by atoms with Crippen LogP contribution in [0.3, 0.4) is 0 Å². The van der Waals surface area contributed by atoms with Gasteiger partial charge in [-0.25, -0.2) is 0 Å². The lowest BCUT2D eigenvalue weighted by molar-refractivity contribution is 0.0708. The number of amides is 1.